The first kappa shape index (κ1) is 16.2. The second-order valence-electron chi connectivity index (χ2n) is 7.31. The Balaban J connectivity index is 1.35. The molecule has 22 heavy (non-hydrogen) atoms. The van der Waals surface area contributed by atoms with Gasteiger partial charge in [0.2, 0.25) is 5.91 Å². The zero-order valence-electron chi connectivity index (χ0n) is 13.9. The summed E-state index contributed by atoms with van der Waals surface area (Å²) in [5, 5.41) is 1.83. The van der Waals surface area contributed by atoms with Gasteiger partial charge in [-0.25, -0.2) is 5.01 Å². The smallest absolute Gasteiger partial charge is 0.222 e. The third-order valence-electron chi connectivity index (χ3n) is 5.62. The molecule has 0 atom stereocenters. The predicted octanol–water partition coefficient (Wildman–Crippen LogP) is -0.189. The number of nitrogens with zero attached hydrogens (tertiary/aromatic N) is 4. The van der Waals surface area contributed by atoms with E-state index in [0.29, 0.717) is 18.2 Å². The Morgan fingerprint density at radius 2 is 1.68 bits per heavy atom. The number of piperidine rings is 1. The molecular weight excluding hydrogens is 278 g/mol. The molecule has 126 valence electrons. The highest BCUT2D eigenvalue weighted by Gasteiger charge is 2.29. The van der Waals surface area contributed by atoms with Gasteiger partial charge in [-0.2, -0.15) is 0 Å². The number of carbonyl (C=O) groups is 1. The Morgan fingerprint density at radius 3 is 2.27 bits per heavy atom. The normalized spacial score (nSPS) is 27.1. The second-order valence-corrected chi connectivity index (χ2v) is 7.31. The maximum atomic E-state index is 12.3. The lowest BCUT2D eigenvalue weighted by Crippen LogP contribution is -2.54. The van der Waals surface area contributed by atoms with Gasteiger partial charge in [0.25, 0.3) is 0 Å². The Kier molecular flexibility index (Phi) is 5.33. The molecular formula is C16H31N5O. The highest BCUT2D eigenvalue weighted by molar-refractivity contribution is 5.76. The van der Waals surface area contributed by atoms with E-state index < -0.39 is 0 Å². The number of hydrogen-bond acceptors (Lipinski definition) is 5. The first-order valence-electron chi connectivity index (χ1n) is 8.82. The lowest BCUT2D eigenvalue weighted by molar-refractivity contribution is -0.134. The van der Waals surface area contributed by atoms with Crippen LogP contribution in [0.3, 0.4) is 0 Å². The molecule has 3 fully saturated rings. The molecule has 0 saturated carbocycles. The van der Waals surface area contributed by atoms with Crippen molar-refractivity contribution in [1.29, 1.82) is 0 Å². The van der Waals surface area contributed by atoms with Crippen LogP contribution in [0.2, 0.25) is 0 Å². The van der Waals surface area contributed by atoms with Gasteiger partial charge in [0.15, 0.2) is 0 Å². The topological polar surface area (TPSA) is 56.0 Å². The Labute approximate surface area is 134 Å². The van der Waals surface area contributed by atoms with E-state index in [9.17, 15) is 4.79 Å². The molecule has 0 radical (unpaired) electrons. The van der Waals surface area contributed by atoms with Gasteiger partial charge in [-0.05, 0) is 45.3 Å². The zero-order chi connectivity index (χ0) is 15.5. The molecule has 0 aliphatic carbocycles. The van der Waals surface area contributed by atoms with Gasteiger partial charge in [-0.1, -0.05) is 0 Å². The number of rotatable bonds is 4. The molecule has 3 aliphatic heterocycles. The van der Waals surface area contributed by atoms with E-state index in [-0.39, 0.29) is 0 Å². The summed E-state index contributed by atoms with van der Waals surface area (Å²) in [6, 6.07) is 0.735. The summed E-state index contributed by atoms with van der Waals surface area (Å²) in [4.78, 5) is 19.4. The fraction of sp³-hybridized carbons (Fsp3) is 0.938. The quantitative estimate of drug-likeness (QED) is 0.730. The first-order chi connectivity index (χ1) is 10.6. The van der Waals surface area contributed by atoms with E-state index in [1.165, 1.54) is 25.9 Å². The SMILES string of the molecule is CN1CCC(N2CCN(C(=O)CCC3CN(N)C3)CC2)CC1. The molecule has 0 spiro atoms. The Hall–Kier alpha value is -0.690. The maximum Gasteiger partial charge on any atom is 0.222 e. The zero-order valence-corrected chi connectivity index (χ0v) is 13.9. The van der Waals surface area contributed by atoms with Gasteiger partial charge in [0, 0.05) is 51.7 Å². The summed E-state index contributed by atoms with van der Waals surface area (Å²) in [5.41, 5.74) is 0. The van der Waals surface area contributed by atoms with Crippen LogP contribution in [0.4, 0.5) is 0 Å². The van der Waals surface area contributed by atoms with E-state index in [1.54, 1.807) is 0 Å². The Bertz CT molecular complexity index is 369. The van der Waals surface area contributed by atoms with Gasteiger partial charge < -0.3 is 9.80 Å². The summed E-state index contributed by atoms with van der Waals surface area (Å²) < 4.78 is 0. The lowest BCUT2D eigenvalue weighted by Gasteiger charge is -2.42. The number of amides is 1. The molecule has 0 unspecified atom stereocenters. The minimum Gasteiger partial charge on any atom is -0.340 e. The van der Waals surface area contributed by atoms with Crippen molar-refractivity contribution in [1.82, 2.24) is 19.7 Å². The van der Waals surface area contributed by atoms with Gasteiger partial charge >= 0.3 is 0 Å². The largest absolute Gasteiger partial charge is 0.340 e. The van der Waals surface area contributed by atoms with Crippen molar-refractivity contribution in [3.05, 3.63) is 0 Å². The number of nitrogens with two attached hydrogens (primary N) is 1. The summed E-state index contributed by atoms with van der Waals surface area (Å²) in [7, 11) is 2.21. The molecule has 0 aromatic heterocycles. The van der Waals surface area contributed by atoms with E-state index in [2.05, 4.69) is 21.7 Å². The van der Waals surface area contributed by atoms with E-state index in [1.807, 2.05) is 5.01 Å². The number of likely N-dealkylation sites (tertiary alicyclic amines) is 1. The highest BCUT2D eigenvalue weighted by Crippen LogP contribution is 2.20. The van der Waals surface area contributed by atoms with Crippen molar-refractivity contribution in [2.24, 2.45) is 11.8 Å². The van der Waals surface area contributed by atoms with E-state index in [0.717, 1.165) is 51.7 Å². The fourth-order valence-electron chi connectivity index (χ4n) is 3.97. The van der Waals surface area contributed by atoms with Crippen LogP contribution >= 0.6 is 0 Å². The van der Waals surface area contributed by atoms with Crippen LogP contribution in [0, 0.1) is 5.92 Å². The van der Waals surface area contributed by atoms with Crippen LogP contribution < -0.4 is 5.84 Å². The van der Waals surface area contributed by atoms with Crippen LogP contribution in [-0.4, -0.2) is 91.1 Å². The molecule has 0 aromatic carbocycles. The molecule has 3 rings (SSSR count). The van der Waals surface area contributed by atoms with Crippen LogP contribution in [0.15, 0.2) is 0 Å². The van der Waals surface area contributed by atoms with Gasteiger partial charge in [0.05, 0.1) is 0 Å². The highest BCUT2D eigenvalue weighted by atomic mass is 16.2. The van der Waals surface area contributed by atoms with E-state index >= 15 is 0 Å². The minimum atomic E-state index is 0.346. The van der Waals surface area contributed by atoms with Crippen molar-refractivity contribution in [2.75, 3.05) is 59.4 Å². The number of piperazine rings is 1. The molecule has 0 aromatic rings. The monoisotopic (exact) mass is 309 g/mol. The lowest BCUT2D eigenvalue weighted by atomic mass is 9.96. The van der Waals surface area contributed by atoms with Crippen molar-refractivity contribution in [3.63, 3.8) is 0 Å². The van der Waals surface area contributed by atoms with Gasteiger partial charge in [-0.15, -0.1) is 0 Å². The molecule has 6 heteroatoms. The van der Waals surface area contributed by atoms with Crippen molar-refractivity contribution in [3.8, 4) is 0 Å². The average molecular weight is 309 g/mol. The molecule has 3 heterocycles. The predicted molar refractivity (Wildman–Crippen MR) is 87.2 cm³/mol. The second kappa shape index (κ2) is 7.25. The summed E-state index contributed by atoms with van der Waals surface area (Å²) in [5.74, 6) is 6.62. The fourth-order valence-corrected chi connectivity index (χ4v) is 3.97. The van der Waals surface area contributed by atoms with Crippen molar-refractivity contribution in [2.45, 2.75) is 31.7 Å². The molecule has 6 nitrogen and oxygen atoms in total. The number of carbonyl (C=O) groups excluding carboxylic acids is 1. The number of hydrogen-bond donors (Lipinski definition) is 1. The number of hydrazine groups is 1. The third kappa shape index (κ3) is 3.98. The standard InChI is InChI=1S/C16H31N5O/c1-18-6-4-15(5-7-18)19-8-10-20(11-9-19)16(22)3-2-14-12-21(17)13-14/h14-15H,2-13,17H2,1H3. The van der Waals surface area contributed by atoms with E-state index in [4.69, 9.17) is 5.84 Å². The summed E-state index contributed by atoms with van der Waals surface area (Å²) in [6.45, 7) is 8.28. The van der Waals surface area contributed by atoms with Crippen molar-refractivity contribution >= 4 is 5.91 Å². The summed E-state index contributed by atoms with van der Waals surface area (Å²) >= 11 is 0. The molecule has 1 amide bonds. The maximum absolute atomic E-state index is 12.3. The van der Waals surface area contributed by atoms with Gasteiger partial charge in [0.1, 0.15) is 0 Å². The van der Waals surface area contributed by atoms with Gasteiger partial charge in [-0.3, -0.25) is 15.5 Å². The third-order valence-corrected chi connectivity index (χ3v) is 5.62. The molecule has 3 saturated heterocycles. The molecule has 0 bridgehead atoms. The van der Waals surface area contributed by atoms with Crippen LogP contribution in [0.1, 0.15) is 25.7 Å². The van der Waals surface area contributed by atoms with Crippen LogP contribution in [0.5, 0.6) is 0 Å². The molecule has 2 N–H and O–H groups in total. The average Bonchev–Trinajstić information content (AvgIpc) is 2.51. The molecule has 3 aliphatic rings. The van der Waals surface area contributed by atoms with Crippen molar-refractivity contribution < 1.29 is 4.79 Å². The van der Waals surface area contributed by atoms with Crippen LogP contribution in [0.25, 0.3) is 0 Å². The first-order valence-corrected chi connectivity index (χ1v) is 8.82. The minimum absolute atomic E-state index is 0.346. The summed E-state index contributed by atoms with van der Waals surface area (Å²) in [6.07, 6.45) is 4.26. The van der Waals surface area contributed by atoms with Crippen LogP contribution in [-0.2, 0) is 4.79 Å². The Morgan fingerprint density at radius 1 is 1.05 bits per heavy atom.